The van der Waals surface area contributed by atoms with Crippen LogP contribution in [0.1, 0.15) is 9.64 Å². The van der Waals surface area contributed by atoms with Gasteiger partial charge in [-0.05, 0) is 6.90 Å². The van der Waals surface area contributed by atoms with Gasteiger partial charge in [-0.2, -0.15) is 0 Å². The highest BCUT2D eigenvalue weighted by atomic mass is 16.6. The average molecular weight is 179 g/mol. The smallest absolute Gasteiger partial charge is 0.109 e. The Kier molecular flexibility index (Phi) is 2.88. The molecule has 1 aliphatic rings. The molecule has 0 aromatic rings. The Balaban J connectivity index is 2.36. The van der Waals surface area contributed by atoms with Gasteiger partial charge in [0.1, 0.15) is 12.2 Å². The lowest BCUT2D eigenvalue weighted by molar-refractivity contribution is -0.0324. The Morgan fingerprint density at radius 1 is 1.83 bits per heavy atom. The minimum absolute atomic E-state index is 0.0549. The van der Waals surface area contributed by atoms with E-state index in [0.29, 0.717) is 13.2 Å². The van der Waals surface area contributed by atoms with Crippen LogP contribution in [0.25, 0.3) is 0 Å². The summed E-state index contributed by atoms with van der Waals surface area (Å²) >= 11 is 0. The molecule has 0 aromatic heterocycles. The number of aliphatic hydroxyl groups excluding tert-OH is 1. The normalized spacial score (nSPS) is 44.2. The predicted molar refractivity (Wildman–Crippen MR) is 43.0 cm³/mol. The molecule has 0 unspecified atom stereocenters. The molecule has 1 fully saturated rings. The summed E-state index contributed by atoms with van der Waals surface area (Å²) in [7, 11) is 1.55. The van der Waals surface area contributed by atoms with Crippen LogP contribution < -0.4 is 0 Å². The second-order valence-electron chi connectivity index (χ2n) is 2.63. The molecule has 4 heteroatoms. The first-order valence-electron chi connectivity index (χ1n) is 5.14. The first-order valence-corrected chi connectivity index (χ1v) is 3.86. The van der Waals surface area contributed by atoms with E-state index in [0.717, 1.165) is 0 Å². The van der Waals surface area contributed by atoms with Crippen molar-refractivity contribution in [1.82, 2.24) is 0 Å². The van der Waals surface area contributed by atoms with Crippen molar-refractivity contribution in [3.8, 4) is 0 Å². The van der Waals surface area contributed by atoms with Crippen LogP contribution >= 0.6 is 0 Å². The Morgan fingerprint density at radius 3 is 3.25 bits per heavy atom. The summed E-state index contributed by atoms with van der Waals surface area (Å²) in [6, 6.07) is 0. The van der Waals surface area contributed by atoms with E-state index in [1.165, 1.54) is 0 Å². The van der Waals surface area contributed by atoms with Crippen LogP contribution in [0, 0.1) is 0 Å². The molecule has 4 atom stereocenters. The molecule has 1 saturated heterocycles. The highest BCUT2D eigenvalue weighted by molar-refractivity contribution is 4.81. The van der Waals surface area contributed by atoms with Gasteiger partial charge in [0, 0.05) is 8.48 Å². The van der Waals surface area contributed by atoms with Crippen molar-refractivity contribution >= 4 is 0 Å². The van der Waals surface area contributed by atoms with Crippen LogP contribution in [0.3, 0.4) is 0 Å². The summed E-state index contributed by atoms with van der Waals surface area (Å²) in [5, 5.41) is 9.59. The molecular weight excluding hydrogens is 160 g/mol. The first-order chi connectivity index (χ1) is 6.70. The number of rotatable bonds is 4. The minimum atomic E-state index is -0.905. The lowest BCUT2D eigenvalue weighted by Crippen LogP contribution is -2.31. The molecular formula is C8H16O4. The molecule has 12 heavy (non-hydrogen) atoms. The highest BCUT2D eigenvalue weighted by Gasteiger charge is 2.33. The Morgan fingerprint density at radius 2 is 2.67 bits per heavy atom. The van der Waals surface area contributed by atoms with Crippen LogP contribution in [0.5, 0.6) is 0 Å². The minimum Gasteiger partial charge on any atom is -0.388 e. The van der Waals surface area contributed by atoms with Crippen molar-refractivity contribution in [3.63, 3.8) is 0 Å². The van der Waals surface area contributed by atoms with E-state index in [9.17, 15) is 5.11 Å². The maximum atomic E-state index is 9.59. The third kappa shape index (κ3) is 2.42. The molecule has 0 bridgehead atoms. The van der Waals surface area contributed by atoms with Crippen molar-refractivity contribution < 1.29 is 22.1 Å². The molecule has 0 spiro atoms. The van der Waals surface area contributed by atoms with Crippen molar-refractivity contribution in [3.05, 3.63) is 0 Å². The molecule has 1 N–H and O–H groups in total. The standard InChI is InChI=1S/C8H16O4/c1-6-8(9)7(5-12-6)11-4-3-10-2/h6-9H,3-5H2,1-2H3/t6-,7+,8-/m1/s1/i1D,5T/t5-,6+,7-,8+/m0. The Labute approximate surface area is 75.2 Å². The van der Waals surface area contributed by atoms with Gasteiger partial charge in [0.25, 0.3) is 0 Å². The molecule has 0 saturated carbocycles. The summed E-state index contributed by atoms with van der Waals surface area (Å²) in [6.45, 7) is -0.221. The zero-order valence-electron chi connectivity index (χ0n) is 9.10. The molecule has 1 rings (SSSR count). The second-order valence-corrected chi connectivity index (χ2v) is 2.63. The zero-order chi connectivity index (χ0) is 10.6. The maximum absolute atomic E-state index is 9.59. The zero-order valence-corrected chi connectivity index (χ0v) is 7.10. The van der Waals surface area contributed by atoms with E-state index in [1.54, 1.807) is 7.11 Å². The summed E-state index contributed by atoms with van der Waals surface area (Å²) in [5.41, 5.74) is 0. The summed E-state index contributed by atoms with van der Waals surface area (Å²) < 4.78 is 29.6. The highest BCUT2D eigenvalue weighted by Crippen LogP contribution is 2.16. The first kappa shape index (κ1) is 7.26. The average Bonchev–Trinajstić information content (AvgIpc) is 2.45. The summed E-state index contributed by atoms with van der Waals surface area (Å²) in [6.07, 6.45) is -2.16. The Bertz CT molecular complexity index is 169. The SMILES string of the molecule is [2H]C[C@H]1O[C@@H]([3H])[C@H](OCCOC)[C@@H]1O. The van der Waals surface area contributed by atoms with Crippen LogP contribution in [-0.4, -0.2) is 50.3 Å². The van der Waals surface area contributed by atoms with Crippen LogP contribution in [0.4, 0.5) is 0 Å². The van der Waals surface area contributed by atoms with Gasteiger partial charge in [-0.3, -0.25) is 0 Å². The van der Waals surface area contributed by atoms with Gasteiger partial charge in [-0.25, -0.2) is 0 Å². The molecule has 1 aliphatic heterocycles. The number of aliphatic hydroxyl groups is 1. The fourth-order valence-corrected chi connectivity index (χ4v) is 0.956. The molecule has 72 valence electrons. The molecule has 1 heterocycles. The number of methoxy groups -OCH3 is 1. The molecule has 0 aliphatic carbocycles. The summed E-state index contributed by atoms with van der Waals surface area (Å²) in [5.74, 6) is 0. The van der Waals surface area contributed by atoms with Gasteiger partial charge < -0.3 is 19.3 Å². The van der Waals surface area contributed by atoms with Crippen LogP contribution in [0.15, 0.2) is 0 Å². The van der Waals surface area contributed by atoms with E-state index in [4.69, 9.17) is 17.0 Å². The lowest BCUT2D eigenvalue weighted by atomic mass is 10.2. The third-order valence-corrected chi connectivity index (χ3v) is 1.70. The van der Waals surface area contributed by atoms with Crippen LogP contribution in [-0.2, 0) is 14.2 Å². The molecule has 0 aromatic carbocycles. The van der Waals surface area contributed by atoms with Crippen molar-refractivity contribution in [1.29, 1.82) is 0 Å². The molecule has 0 radical (unpaired) electrons. The van der Waals surface area contributed by atoms with E-state index < -0.39 is 24.9 Å². The topological polar surface area (TPSA) is 47.9 Å². The van der Waals surface area contributed by atoms with Gasteiger partial charge >= 0.3 is 0 Å². The van der Waals surface area contributed by atoms with E-state index in [2.05, 4.69) is 0 Å². The lowest BCUT2D eigenvalue weighted by Gasteiger charge is -2.14. The van der Waals surface area contributed by atoms with Gasteiger partial charge in [-0.1, -0.05) is 0 Å². The molecule has 4 nitrogen and oxygen atoms in total. The van der Waals surface area contributed by atoms with Crippen molar-refractivity contribution in [2.24, 2.45) is 0 Å². The Hall–Kier alpha value is -0.160. The number of ether oxygens (including phenoxy) is 3. The molecule has 0 amide bonds. The number of hydrogen-bond acceptors (Lipinski definition) is 4. The fourth-order valence-electron chi connectivity index (χ4n) is 0.956. The van der Waals surface area contributed by atoms with Gasteiger partial charge in [0.15, 0.2) is 0 Å². The van der Waals surface area contributed by atoms with Crippen molar-refractivity contribution in [2.75, 3.05) is 26.9 Å². The van der Waals surface area contributed by atoms with Gasteiger partial charge in [0.2, 0.25) is 0 Å². The fraction of sp³-hybridized carbons (Fsp3) is 1.00. The second kappa shape index (κ2) is 4.77. The van der Waals surface area contributed by atoms with E-state index in [-0.39, 0.29) is 6.90 Å². The van der Waals surface area contributed by atoms with E-state index in [1.807, 2.05) is 0 Å². The maximum Gasteiger partial charge on any atom is 0.109 e. The van der Waals surface area contributed by atoms with Crippen molar-refractivity contribution in [2.45, 2.75) is 25.2 Å². The summed E-state index contributed by atoms with van der Waals surface area (Å²) in [4.78, 5) is 0. The quantitative estimate of drug-likeness (QED) is 0.607. The predicted octanol–water partition coefficient (Wildman–Crippen LogP) is -0.202. The third-order valence-electron chi connectivity index (χ3n) is 1.70. The largest absolute Gasteiger partial charge is 0.388 e. The van der Waals surface area contributed by atoms with Crippen LogP contribution in [0.2, 0.25) is 0 Å². The number of hydrogen-bond donors (Lipinski definition) is 1. The monoisotopic (exact) mass is 179 g/mol. The van der Waals surface area contributed by atoms with E-state index >= 15 is 0 Å². The van der Waals surface area contributed by atoms with Gasteiger partial charge in [-0.15, -0.1) is 0 Å². The van der Waals surface area contributed by atoms with Gasteiger partial charge in [0.05, 0.1) is 27.3 Å².